The third kappa shape index (κ3) is 4.15. The van der Waals surface area contributed by atoms with Crippen LogP contribution in [-0.4, -0.2) is 43.7 Å². The average molecular weight is 467 g/mol. The molecule has 172 valence electrons. The van der Waals surface area contributed by atoms with Gasteiger partial charge >= 0.3 is 6.18 Å². The van der Waals surface area contributed by atoms with Crippen molar-refractivity contribution in [2.24, 2.45) is 5.92 Å². The summed E-state index contributed by atoms with van der Waals surface area (Å²) in [6.45, 7) is 0.0278. The van der Waals surface area contributed by atoms with Gasteiger partial charge in [0.25, 0.3) is 0 Å². The number of aryl methyl sites for hydroxylation is 1. The van der Waals surface area contributed by atoms with Crippen LogP contribution in [0.15, 0.2) is 53.4 Å². The van der Waals surface area contributed by atoms with E-state index in [2.05, 4.69) is 6.07 Å². The molecule has 4 rings (SSSR count). The highest BCUT2D eigenvalue weighted by Crippen LogP contribution is 2.38. The second-order valence-electron chi connectivity index (χ2n) is 8.37. The summed E-state index contributed by atoms with van der Waals surface area (Å²) in [5.74, 6) is -0.392. The first kappa shape index (κ1) is 22.8. The summed E-state index contributed by atoms with van der Waals surface area (Å²) in [6, 6.07) is 12.3. The van der Waals surface area contributed by atoms with Crippen molar-refractivity contribution in [2.45, 2.75) is 42.8 Å². The number of fused-ring (bicyclic) bond motifs is 1. The summed E-state index contributed by atoms with van der Waals surface area (Å²) in [7, 11) is -2.54. The molecule has 0 saturated carbocycles. The number of hydrogen-bond acceptors (Lipinski definition) is 3. The van der Waals surface area contributed by atoms with Gasteiger partial charge in [-0.3, -0.25) is 4.79 Å². The van der Waals surface area contributed by atoms with Gasteiger partial charge in [0.05, 0.1) is 16.5 Å². The summed E-state index contributed by atoms with van der Waals surface area (Å²) in [5, 5.41) is 0. The lowest BCUT2D eigenvalue weighted by Crippen LogP contribution is -2.44. The third-order valence-corrected chi connectivity index (χ3v) is 8.49. The zero-order chi connectivity index (χ0) is 23.1. The van der Waals surface area contributed by atoms with Gasteiger partial charge in [-0.25, -0.2) is 8.42 Å². The van der Waals surface area contributed by atoms with E-state index >= 15 is 0 Å². The number of hydrogen-bond donors (Lipinski definition) is 0. The molecule has 1 aliphatic carbocycles. The van der Waals surface area contributed by atoms with E-state index in [-0.39, 0.29) is 43.8 Å². The van der Waals surface area contributed by atoms with Gasteiger partial charge in [0.1, 0.15) is 0 Å². The van der Waals surface area contributed by atoms with Gasteiger partial charge in [-0.1, -0.05) is 36.4 Å². The van der Waals surface area contributed by atoms with Crippen molar-refractivity contribution in [1.82, 2.24) is 9.21 Å². The molecule has 1 heterocycles. The number of benzene rings is 2. The van der Waals surface area contributed by atoms with E-state index in [9.17, 15) is 26.4 Å². The minimum atomic E-state index is -4.77. The van der Waals surface area contributed by atoms with E-state index in [1.165, 1.54) is 17.7 Å². The molecule has 2 aromatic rings. The predicted molar refractivity (Wildman–Crippen MR) is 113 cm³/mol. The van der Waals surface area contributed by atoms with Crippen molar-refractivity contribution in [3.8, 4) is 0 Å². The SMILES string of the molecule is CN(C(=O)C1CCN(S(=O)(=O)c2ccccc2C(F)(F)F)CC1)C1CCc2ccccc21. The monoisotopic (exact) mass is 466 g/mol. The fraction of sp³-hybridized carbons (Fsp3) is 0.435. The van der Waals surface area contributed by atoms with Crippen LogP contribution in [-0.2, 0) is 27.4 Å². The minimum Gasteiger partial charge on any atom is -0.338 e. The van der Waals surface area contributed by atoms with Crippen LogP contribution in [0.3, 0.4) is 0 Å². The summed E-state index contributed by atoms with van der Waals surface area (Å²) in [4.78, 5) is 14.1. The lowest BCUT2D eigenvalue weighted by molar-refractivity contribution is -0.140. The van der Waals surface area contributed by atoms with Crippen LogP contribution in [0.4, 0.5) is 13.2 Å². The highest BCUT2D eigenvalue weighted by atomic mass is 32.2. The van der Waals surface area contributed by atoms with Crippen LogP contribution in [0.25, 0.3) is 0 Å². The summed E-state index contributed by atoms with van der Waals surface area (Å²) in [5.41, 5.74) is 1.21. The van der Waals surface area contributed by atoms with E-state index in [1.807, 2.05) is 18.2 Å². The average Bonchev–Trinajstić information content (AvgIpc) is 3.22. The van der Waals surface area contributed by atoms with E-state index in [0.29, 0.717) is 0 Å². The number of alkyl halides is 3. The van der Waals surface area contributed by atoms with Crippen molar-refractivity contribution >= 4 is 15.9 Å². The molecule has 1 unspecified atom stereocenters. The van der Waals surface area contributed by atoms with Crippen molar-refractivity contribution in [3.05, 3.63) is 65.2 Å². The number of piperidine rings is 1. The molecule has 0 spiro atoms. The highest BCUT2D eigenvalue weighted by Gasteiger charge is 2.41. The standard InChI is InChI=1S/C23H25F3N2O3S/c1-27(20-11-10-16-6-2-3-7-18(16)20)22(29)17-12-14-28(15-13-17)32(30,31)21-9-5-4-8-19(21)23(24,25)26/h2-9,17,20H,10-15H2,1H3. The largest absolute Gasteiger partial charge is 0.417 e. The quantitative estimate of drug-likeness (QED) is 0.677. The molecule has 2 aliphatic rings. The molecule has 0 radical (unpaired) electrons. The van der Waals surface area contributed by atoms with Gasteiger partial charge < -0.3 is 4.90 Å². The Morgan fingerprint density at radius 1 is 1.00 bits per heavy atom. The molecule has 0 bridgehead atoms. The number of halogens is 3. The van der Waals surface area contributed by atoms with Crippen LogP contribution in [0, 0.1) is 5.92 Å². The van der Waals surface area contributed by atoms with Crippen molar-refractivity contribution in [2.75, 3.05) is 20.1 Å². The Hall–Kier alpha value is -2.39. The summed E-state index contributed by atoms with van der Waals surface area (Å²) >= 11 is 0. The normalized spacial score (nSPS) is 20.2. The molecule has 1 atom stereocenters. The smallest absolute Gasteiger partial charge is 0.338 e. The molecule has 1 amide bonds. The van der Waals surface area contributed by atoms with Crippen molar-refractivity contribution in [3.63, 3.8) is 0 Å². The molecule has 2 aromatic carbocycles. The molecule has 1 aliphatic heterocycles. The fourth-order valence-electron chi connectivity index (χ4n) is 4.79. The number of amides is 1. The van der Waals surface area contributed by atoms with Gasteiger partial charge in [0.2, 0.25) is 15.9 Å². The maximum Gasteiger partial charge on any atom is 0.417 e. The zero-order valence-electron chi connectivity index (χ0n) is 17.7. The molecule has 5 nitrogen and oxygen atoms in total. The number of nitrogens with zero attached hydrogens (tertiary/aromatic N) is 2. The molecular weight excluding hydrogens is 441 g/mol. The van der Waals surface area contributed by atoms with Crippen LogP contribution >= 0.6 is 0 Å². The number of carbonyl (C=O) groups is 1. The fourth-order valence-corrected chi connectivity index (χ4v) is 6.47. The predicted octanol–water partition coefficient (Wildman–Crippen LogP) is 4.25. The molecular formula is C23H25F3N2O3S. The molecule has 1 saturated heterocycles. The second-order valence-corrected chi connectivity index (χ2v) is 10.3. The Morgan fingerprint density at radius 3 is 2.31 bits per heavy atom. The zero-order valence-corrected chi connectivity index (χ0v) is 18.5. The Bertz CT molecular complexity index is 1110. The maximum absolute atomic E-state index is 13.3. The summed E-state index contributed by atoms with van der Waals surface area (Å²) < 4.78 is 66.9. The van der Waals surface area contributed by atoms with Crippen molar-refractivity contribution < 1.29 is 26.4 Å². The first-order chi connectivity index (χ1) is 15.1. The Morgan fingerprint density at radius 2 is 1.62 bits per heavy atom. The van der Waals surface area contributed by atoms with Crippen LogP contribution < -0.4 is 0 Å². The van der Waals surface area contributed by atoms with Gasteiger partial charge in [-0.05, 0) is 48.9 Å². The van der Waals surface area contributed by atoms with Crippen LogP contribution in [0.5, 0.6) is 0 Å². The van der Waals surface area contributed by atoms with E-state index in [1.54, 1.807) is 11.9 Å². The number of sulfonamides is 1. The van der Waals surface area contributed by atoms with Gasteiger partial charge in [0, 0.05) is 26.1 Å². The number of rotatable bonds is 4. The topological polar surface area (TPSA) is 57.7 Å². The Labute approximate surface area is 185 Å². The van der Waals surface area contributed by atoms with Gasteiger partial charge in [0.15, 0.2) is 0 Å². The first-order valence-corrected chi connectivity index (χ1v) is 12.1. The molecule has 32 heavy (non-hydrogen) atoms. The van der Waals surface area contributed by atoms with E-state index < -0.39 is 26.7 Å². The van der Waals surface area contributed by atoms with Crippen LogP contribution in [0.1, 0.15) is 42.0 Å². The van der Waals surface area contributed by atoms with E-state index in [4.69, 9.17) is 0 Å². The molecule has 0 aromatic heterocycles. The number of carbonyl (C=O) groups excluding carboxylic acids is 1. The maximum atomic E-state index is 13.3. The highest BCUT2D eigenvalue weighted by molar-refractivity contribution is 7.89. The second kappa shape index (κ2) is 8.51. The molecule has 0 N–H and O–H groups in total. The van der Waals surface area contributed by atoms with Gasteiger partial charge in [-0.15, -0.1) is 0 Å². The minimum absolute atomic E-state index is 0.000810. The summed E-state index contributed by atoms with van der Waals surface area (Å²) in [6.07, 6.45) is -2.44. The van der Waals surface area contributed by atoms with Crippen molar-refractivity contribution in [1.29, 1.82) is 0 Å². The van der Waals surface area contributed by atoms with Gasteiger partial charge in [-0.2, -0.15) is 17.5 Å². The lowest BCUT2D eigenvalue weighted by Gasteiger charge is -2.35. The Kier molecular flexibility index (Phi) is 6.06. The Balaban J connectivity index is 1.45. The third-order valence-electron chi connectivity index (χ3n) is 6.53. The molecule has 9 heteroatoms. The lowest BCUT2D eigenvalue weighted by atomic mass is 9.95. The molecule has 1 fully saturated rings. The van der Waals surface area contributed by atoms with E-state index in [0.717, 1.165) is 34.8 Å². The van der Waals surface area contributed by atoms with Crippen LogP contribution in [0.2, 0.25) is 0 Å². The first-order valence-electron chi connectivity index (χ1n) is 10.6.